The fourth-order valence-corrected chi connectivity index (χ4v) is 12.0. The summed E-state index contributed by atoms with van der Waals surface area (Å²) < 4.78 is 19.8. The van der Waals surface area contributed by atoms with Crippen LogP contribution < -0.4 is 11.5 Å². The van der Waals surface area contributed by atoms with E-state index >= 15 is 0 Å². The first-order chi connectivity index (χ1) is 15.2. The van der Waals surface area contributed by atoms with Crippen molar-refractivity contribution < 1.29 is 13.6 Å². The Morgan fingerprint density at radius 3 is 1.18 bits per heavy atom. The highest BCUT2D eigenvalue weighted by Gasteiger charge is 2.52. The minimum absolute atomic E-state index is 0.0184. The molecule has 0 spiro atoms. The molecule has 0 aliphatic carbocycles. The van der Waals surface area contributed by atoms with Gasteiger partial charge in [0.05, 0.1) is 25.7 Å². The van der Waals surface area contributed by atoms with Crippen LogP contribution in [0, 0.1) is 0 Å². The van der Waals surface area contributed by atoms with Gasteiger partial charge in [-0.25, -0.2) is 0 Å². The van der Waals surface area contributed by atoms with Crippen molar-refractivity contribution in [1.82, 2.24) is 0 Å². The molecule has 0 saturated carbocycles. The van der Waals surface area contributed by atoms with Gasteiger partial charge in [0.25, 0.3) is 0 Å². The van der Waals surface area contributed by atoms with Crippen LogP contribution in [0.2, 0.25) is 23.2 Å². The van der Waals surface area contributed by atoms with Crippen molar-refractivity contribution in [2.24, 2.45) is 0 Å². The molecule has 0 radical (unpaired) electrons. The summed E-state index contributed by atoms with van der Waals surface area (Å²) in [6, 6.07) is 15.7. The number of ether oxygens (including phenoxy) is 2. The third-order valence-electron chi connectivity index (χ3n) is 6.88. The Kier molecular flexibility index (Phi) is 8.98. The lowest BCUT2D eigenvalue weighted by atomic mass is 10.2. The van der Waals surface area contributed by atoms with Gasteiger partial charge >= 0.3 is 0 Å². The molecule has 2 rings (SSSR count). The highest BCUT2D eigenvalue weighted by Crippen LogP contribution is 2.45. The Bertz CT molecular complexity index is 803. The minimum Gasteiger partial charge on any atom is -0.452 e. The van der Waals surface area contributed by atoms with Crippen molar-refractivity contribution in [2.45, 2.75) is 77.9 Å². The standard InChI is InChI=1S/C26H44N2O3Si2/c1-25(2,3)32(7,19-29-17-21-9-13-23(27)14-10-21)31-33(8,26(4,5)6)20-30-18-22-11-15-24(28)16-12-22/h9-16H,17-20,27-28H2,1-8H3. The molecule has 7 heteroatoms. The first-order valence-corrected chi connectivity index (χ1v) is 16.9. The van der Waals surface area contributed by atoms with Crippen LogP contribution in [0.1, 0.15) is 52.7 Å². The van der Waals surface area contributed by atoms with Crippen molar-refractivity contribution in [3.05, 3.63) is 59.7 Å². The molecule has 2 aromatic carbocycles. The van der Waals surface area contributed by atoms with E-state index in [9.17, 15) is 0 Å². The summed E-state index contributed by atoms with van der Waals surface area (Å²) >= 11 is 0. The van der Waals surface area contributed by atoms with Gasteiger partial charge in [-0.05, 0) is 58.6 Å². The van der Waals surface area contributed by atoms with E-state index in [4.69, 9.17) is 25.1 Å². The van der Waals surface area contributed by atoms with Crippen LogP contribution in [0.3, 0.4) is 0 Å². The number of nitrogen functional groups attached to an aromatic ring is 2. The van der Waals surface area contributed by atoms with Crippen LogP contribution in [-0.2, 0) is 26.8 Å². The molecular formula is C26H44N2O3Si2. The van der Waals surface area contributed by atoms with Crippen molar-refractivity contribution in [3.8, 4) is 0 Å². The van der Waals surface area contributed by atoms with Crippen molar-refractivity contribution >= 4 is 28.0 Å². The van der Waals surface area contributed by atoms with Gasteiger partial charge < -0.3 is 25.1 Å². The van der Waals surface area contributed by atoms with E-state index < -0.39 is 16.6 Å². The summed E-state index contributed by atoms with van der Waals surface area (Å²) in [6.07, 6.45) is 1.27. The SMILES string of the molecule is CC(C)(C)[Si](C)(COCc1ccc(N)cc1)O[Si](C)(COCc1ccc(N)cc1)C(C)(C)C. The van der Waals surface area contributed by atoms with E-state index in [0.29, 0.717) is 25.7 Å². The molecule has 4 N–H and O–H groups in total. The topological polar surface area (TPSA) is 79.7 Å². The Hall–Kier alpha value is -1.65. The molecule has 0 aliphatic rings. The Labute approximate surface area is 203 Å². The molecule has 0 bridgehead atoms. The molecule has 184 valence electrons. The number of benzene rings is 2. The van der Waals surface area contributed by atoms with Gasteiger partial charge in [0.1, 0.15) is 0 Å². The van der Waals surface area contributed by atoms with E-state index in [0.717, 1.165) is 22.5 Å². The highest BCUT2D eigenvalue weighted by molar-refractivity contribution is 6.88. The van der Waals surface area contributed by atoms with Crippen LogP contribution in [0.25, 0.3) is 0 Å². The molecule has 0 amide bonds. The number of nitrogens with two attached hydrogens (primary N) is 2. The van der Waals surface area contributed by atoms with E-state index in [1.807, 2.05) is 48.5 Å². The number of rotatable bonds is 10. The summed E-state index contributed by atoms with van der Waals surface area (Å²) in [6.45, 7) is 19.4. The molecule has 0 aliphatic heterocycles. The van der Waals surface area contributed by atoms with E-state index in [2.05, 4.69) is 54.6 Å². The van der Waals surface area contributed by atoms with E-state index in [1.54, 1.807) is 0 Å². The van der Waals surface area contributed by atoms with Gasteiger partial charge in [-0.3, -0.25) is 0 Å². The van der Waals surface area contributed by atoms with Gasteiger partial charge in [0.2, 0.25) is 16.6 Å². The number of hydrogen-bond donors (Lipinski definition) is 2. The maximum Gasteiger partial charge on any atom is 0.208 e. The zero-order valence-corrected chi connectivity index (χ0v) is 23.8. The predicted molar refractivity (Wildman–Crippen MR) is 145 cm³/mol. The average Bonchev–Trinajstić information content (AvgIpc) is 2.69. The van der Waals surface area contributed by atoms with E-state index in [1.165, 1.54) is 0 Å². The highest BCUT2D eigenvalue weighted by atomic mass is 28.4. The first-order valence-electron chi connectivity index (χ1n) is 11.7. The van der Waals surface area contributed by atoms with Crippen LogP contribution in [0.4, 0.5) is 11.4 Å². The van der Waals surface area contributed by atoms with Crippen LogP contribution in [-0.4, -0.2) is 29.1 Å². The van der Waals surface area contributed by atoms with Gasteiger partial charge in [-0.2, -0.15) is 0 Å². The van der Waals surface area contributed by atoms with Crippen LogP contribution in [0.15, 0.2) is 48.5 Å². The Morgan fingerprint density at radius 1 is 0.606 bits per heavy atom. The Balaban J connectivity index is 2.12. The van der Waals surface area contributed by atoms with Gasteiger partial charge in [-0.1, -0.05) is 65.8 Å². The average molecular weight is 489 g/mol. The fraction of sp³-hybridized carbons (Fsp3) is 0.538. The lowest BCUT2D eigenvalue weighted by Crippen LogP contribution is -2.61. The zero-order chi connectivity index (χ0) is 24.9. The molecule has 5 nitrogen and oxygen atoms in total. The van der Waals surface area contributed by atoms with Crippen molar-refractivity contribution in [2.75, 3.05) is 23.9 Å². The fourth-order valence-electron chi connectivity index (χ4n) is 3.25. The second-order valence-electron chi connectivity index (χ2n) is 11.5. The Morgan fingerprint density at radius 2 is 0.909 bits per heavy atom. The molecular weight excluding hydrogens is 444 g/mol. The summed E-state index contributed by atoms with van der Waals surface area (Å²) in [5.74, 6) is 0. The maximum absolute atomic E-state index is 7.26. The molecule has 33 heavy (non-hydrogen) atoms. The second-order valence-corrected chi connectivity index (χ2v) is 20.8. The summed E-state index contributed by atoms with van der Waals surface area (Å²) in [7, 11) is -4.56. The zero-order valence-electron chi connectivity index (χ0n) is 21.8. The predicted octanol–water partition coefficient (Wildman–Crippen LogP) is 6.43. The largest absolute Gasteiger partial charge is 0.452 e. The summed E-state index contributed by atoms with van der Waals surface area (Å²) in [5, 5.41) is 0.0369. The minimum atomic E-state index is -2.28. The molecule has 2 aromatic rings. The summed E-state index contributed by atoms with van der Waals surface area (Å²) in [4.78, 5) is 0. The molecule has 0 aromatic heterocycles. The third-order valence-corrected chi connectivity index (χ3v) is 18.3. The third kappa shape index (κ3) is 7.68. The van der Waals surface area contributed by atoms with Gasteiger partial charge in [0.15, 0.2) is 0 Å². The molecule has 0 saturated heterocycles. The second kappa shape index (κ2) is 10.7. The number of hydrogen-bond acceptors (Lipinski definition) is 5. The molecule has 2 atom stereocenters. The molecule has 2 unspecified atom stereocenters. The summed E-state index contributed by atoms with van der Waals surface area (Å²) in [5.41, 5.74) is 15.4. The molecule has 0 fully saturated rings. The van der Waals surface area contributed by atoms with Gasteiger partial charge in [0, 0.05) is 11.4 Å². The smallest absolute Gasteiger partial charge is 0.208 e. The lowest BCUT2D eigenvalue weighted by molar-refractivity contribution is 0.134. The monoisotopic (exact) mass is 488 g/mol. The molecule has 0 heterocycles. The number of anilines is 2. The quantitative estimate of drug-likeness (QED) is 0.297. The van der Waals surface area contributed by atoms with Crippen LogP contribution in [0.5, 0.6) is 0 Å². The lowest BCUT2D eigenvalue weighted by Gasteiger charge is -2.49. The normalized spacial score (nSPS) is 16.2. The van der Waals surface area contributed by atoms with Crippen LogP contribution >= 0.6 is 0 Å². The van der Waals surface area contributed by atoms with Crippen molar-refractivity contribution in [3.63, 3.8) is 0 Å². The van der Waals surface area contributed by atoms with Crippen molar-refractivity contribution in [1.29, 1.82) is 0 Å². The maximum atomic E-state index is 7.26. The first kappa shape index (κ1) is 27.6. The van der Waals surface area contributed by atoms with Gasteiger partial charge in [-0.15, -0.1) is 0 Å². The van der Waals surface area contributed by atoms with E-state index in [-0.39, 0.29) is 10.1 Å².